The lowest BCUT2D eigenvalue weighted by Crippen LogP contribution is -2.50. The second-order valence-electron chi connectivity index (χ2n) is 12.0. The third-order valence-electron chi connectivity index (χ3n) is 8.87. The van der Waals surface area contributed by atoms with Crippen LogP contribution in [-0.4, -0.2) is 67.3 Å². The van der Waals surface area contributed by atoms with Gasteiger partial charge in [0.2, 0.25) is 0 Å². The molecule has 6 N–H and O–H groups in total. The van der Waals surface area contributed by atoms with E-state index in [2.05, 4.69) is 66.4 Å². The highest BCUT2D eigenvalue weighted by Gasteiger charge is 2.56. The molecule has 0 atom stereocenters. The molecule has 4 amide bonds. The zero-order valence-electron chi connectivity index (χ0n) is 27.7. The van der Waals surface area contributed by atoms with E-state index in [9.17, 15) is 14.4 Å². The highest BCUT2D eigenvalue weighted by atomic mass is 16.5. The second-order valence-corrected chi connectivity index (χ2v) is 12.0. The molecule has 250 valence electrons. The molecule has 0 aromatic heterocycles. The number of aryl methyl sites for hydroxylation is 2. The van der Waals surface area contributed by atoms with E-state index < -0.39 is 11.6 Å². The number of rotatable bonds is 14. The van der Waals surface area contributed by atoms with Crippen LogP contribution in [0.2, 0.25) is 0 Å². The molecule has 2 aliphatic heterocycles. The first kappa shape index (κ1) is 33.4. The second kappa shape index (κ2) is 14.7. The smallest absolute Gasteiger partial charge is 0.404 e. The van der Waals surface area contributed by atoms with Gasteiger partial charge in [0.25, 0.3) is 5.91 Å². The van der Waals surface area contributed by atoms with Gasteiger partial charge in [0.05, 0.1) is 0 Å². The van der Waals surface area contributed by atoms with Gasteiger partial charge in [-0.3, -0.25) is 4.79 Å². The number of fused-ring (bicyclic) bond motifs is 6. The molecule has 3 aromatic carbocycles. The summed E-state index contributed by atoms with van der Waals surface area (Å²) >= 11 is 0. The van der Waals surface area contributed by atoms with Gasteiger partial charge in [-0.15, -0.1) is 0 Å². The first-order valence-corrected chi connectivity index (χ1v) is 16.6. The number of amides is 4. The minimum atomic E-state index is -1.01. The summed E-state index contributed by atoms with van der Waals surface area (Å²) in [6.45, 7) is 11.2. The molecular weight excluding hydrogens is 596 g/mol. The van der Waals surface area contributed by atoms with Crippen LogP contribution in [0.5, 0.6) is 11.5 Å². The van der Waals surface area contributed by atoms with Crippen molar-refractivity contribution in [1.29, 1.82) is 0 Å². The van der Waals surface area contributed by atoms with Gasteiger partial charge in [-0.25, -0.2) is 9.59 Å². The van der Waals surface area contributed by atoms with Crippen LogP contribution in [0.3, 0.4) is 0 Å². The lowest BCUT2D eigenvalue weighted by Gasteiger charge is -2.45. The van der Waals surface area contributed by atoms with E-state index in [1.807, 2.05) is 41.3 Å². The predicted octanol–water partition coefficient (Wildman–Crippen LogP) is 6.15. The van der Waals surface area contributed by atoms with E-state index in [1.165, 1.54) is 0 Å². The highest BCUT2D eigenvalue weighted by molar-refractivity contribution is 6.02. The Kier molecular flexibility index (Phi) is 10.4. The average Bonchev–Trinajstić information content (AvgIpc) is 3.28. The maximum absolute atomic E-state index is 14.3. The van der Waals surface area contributed by atoms with Crippen molar-refractivity contribution in [2.24, 2.45) is 0 Å². The summed E-state index contributed by atoms with van der Waals surface area (Å²) in [5, 5.41) is 23.8. The van der Waals surface area contributed by atoms with Crippen molar-refractivity contribution >= 4 is 29.4 Å². The number of hydrogen-bond donors (Lipinski definition) is 6. The van der Waals surface area contributed by atoms with Crippen molar-refractivity contribution in [1.82, 2.24) is 20.9 Å². The van der Waals surface area contributed by atoms with Crippen LogP contribution in [0, 0.1) is 13.8 Å². The fourth-order valence-corrected chi connectivity index (χ4v) is 6.76. The summed E-state index contributed by atoms with van der Waals surface area (Å²) < 4.78 is 6.66. The SMILES string of the molecule is CCNc1cc2c(cc1C)C1(c3cc(C)c(NCC)cc3O2)c2ccccc2C(=O)N1CCNC(=O)NCCCCCCNC(=O)O. The van der Waals surface area contributed by atoms with Crippen LogP contribution in [0.15, 0.2) is 48.5 Å². The summed E-state index contributed by atoms with van der Waals surface area (Å²) in [7, 11) is 0. The maximum atomic E-state index is 14.3. The molecule has 0 saturated carbocycles. The molecule has 3 aromatic rings. The summed E-state index contributed by atoms with van der Waals surface area (Å²) in [6, 6.07) is 15.8. The van der Waals surface area contributed by atoms with Crippen LogP contribution >= 0.6 is 0 Å². The molecule has 2 heterocycles. The molecule has 0 aliphatic carbocycles. The van der Waals surface area contributed by atoms with E-state index in [-0.39, 0.29) is 25.0 Å². The van der Waals surface area contributed by atoms with E-state index in [1.54, 1.807) is 0 Å². The molecule has 0 saturated heterocycles. The predicted molar refractivity (Wildman–Crippen MR) is 184 cm³/mol. The van der Waals surface area contributed by atoms with Crippen LogP contribution in [0.4, 0.5) is 21.0 Å². The summed E-state index contributed by atoms with van der Waals surface area (Å²) in [5.74, 6) is 1.27. The van der Waals surface area contributed by atoms with Crippen molar-refractivity contribution in [2.45, 2.75) is 58.9 Å². The third-order valence-corrected chi connectivity index (χ3v) is 8.87. The van der Waals surface area contributed by atoms with Gasteiger partial charge in [-0.05, 0) is 75.4 Å². The number of hydrogen-bond acceptors (Lipinski definition) is 6. The first-order chi connectivity index (χ1) is 22.7. The topological polar surface area (TPSA) is 144 Å². The van der Waals surface area contributed by atoms with Gasteiger partial charge in [-0.1, -0.05) is 31.0 Å². The molecule has 0 bridgehead atoms. The van der Waals surface area contributed by atoms with Crippen molar-refractivity contribution in [3.63, 3.8) is 0 Å². The van der Waals surface area contributed by atoms with Crippen LogP contribution in [-0.2, 0) is 5.54 Å². The number of carbonyl (C=O) groups excluding carboxylic acids is 2. The minimum Gasteiger partial charge on any atom is -0.465 e. The van der Waals surface area contributed by atoms with Gasteiger partial charge in [-0.2, -0.15) is 0 Å². The Bertz CT molecular complexity index is 1580. The molecule has 11 heteroatoms. The van der Waals surface area contributed by atoms with E-state index in [0.29, 0.717) is 30.2 Å². The summed E-state index contributed by atoms with van der Waals surface area (Å²) in [4.78, 5) is 39.5. The van der Waals surface area contributed by atoms with Gasteiger partial charge in [0.1, 0.15) is 17.0 Å². The van der Waals surface area contributed by atoms with Gasteiger partial charge >= 0.3 is 12.1 Å². The largest absolute Gasteiger partial charge is 0.465 e. The van der Waals surface area contributed by atoms with Crippen molar-refractivity contribution in [3.8, 4) is 11.5 Å². The average molecular weight is 643 g/mol. The Morgan fingerprint density at radius 2 is 1.32 bits per heavy atom. The van der Waals surface area contributed by atoms with Gasteiger partial charge in [0.15, 0.2) is 0 Å². The molecule has 2 aliphatic rings. The van der Waals surface area contributed by atoms with E-state index in [0.717, 1.165) is 78.0 Å². The van der Waals surface area contributed by atoms with Crippen molar-refractivity contribution in [3.05, 3.63) is 81.9 Å². The van der Waals surface area contributed by atoms with E-state index in [4.69, 9.17) is 9.84 Å². The molecular formula is C36H46N6O5. The lowest BCUT2D eigenvalue weighted by molar-refractivity contribution is 0.0668. The number of ether oxygens (including phenoxy) is 1. The van der Waals surface area contributed by atoms with Crippen LogP contribution in [0.1, 0.15) is 77.7 Å². The Hall–Kier alpha value is -4.93. The Labute approximate surface area is 276 Å². The molecule has 47 heavy (non-hydrogen) atoms. The first-order valence-electron chi connectivity index (χ1n) is 16.6. The number of nitrogens with one attached hydrogen (secondary N) is 5. The number of carbonyl (C=O) groups is 3. The monoisotopic (exact) mass is 642 g/mol. The quantitative estimate of drug-likeness (QED) is 0.116. The molecule has 0 unspecified atom stereocenters. The zero-order valence-corrected chi connectivity index (χ0v) is 27.7. The standard InChI is InChI=1S/C36H46N6O5/c1-5-37-29-21-31-27(19-23(29)3)36(28-20-24(4)30(38-6-2)22-32(28)47-31)26-14-10-9-13-25(26)33(43)42(36)18-17-40-34(44)39-15-11-7-8-12-16-41-35(45)46/h9-10,13-14,19-22,37-38,41H,5-8,11-12,15-18H2,1-4H3,(H,45,46)(H2,39,40,44). The van der Waals surface area contributed by atoms with Gasteiger partial charge in [0, 0.05) is 79.5 Å². The molecule has 0 radical (unpaired) electrons. The number of benzene rings is 3. The van der Waals surface area contributed by atoms with Crippen LogP contribution in [0.25, 0.3) is 0 Å². The Morgan fingerprint density at radius 3 is 1.89 bits per heavy atom. The number of nitrogens with zero attached hydrogens (tertiary/aromatic N) is 1. The number of unbranched alkanes of at least 4 members (excludes halogenated alkanes) is 3. The summed E-state index contributed by atoms with van der Waals surface area (Å²) in [6.07, 6.45) is 2.30. The lowest BCUT2D eigenvalue weighted by atomic mass is 9.73. The van der Waals surface area contributed by atoms with Crippen molar-refractivity contribution in [2.75, 3.05) is 49.9 Å². The van der Waals surface area contributed by atoms with Crippen molar-refractivity contribution < 1.29 is 24.2 Å². The maximum Gasteiger partial charge on any atom is 0.404 e. The Morgan fingerprint density at radius 1 is 0.766 bits per heavy atom. The number of urea groups is 1. The molecule has 0 fully saturated rings. The number of anilines is 2. The minimum absolute atomic E-state index is 0.0965. The Balaban J connectivity index is 1.43. The highest BCUT2D eigenvalue weighted by Crippen LogP contribution is 2.58. The molecule has 11 nitrogen and oxygen atoms in total. The fraction of sp³-hybridized carbons (Fsp3) is 0.417. The number of carboxylic acid groups (broad SMARTS) is 1. The van der Waals surface area contributed by atoms with Crippen LogP contribution < -0.4 is 31.3 Å². The molecule has 1 spiro atoms. The van der Waals surface area contributed by atoms with Gasteiger partial charge < -0.3 is 41.3 Å². The normalized spacial score (nSPS) is 13.7. The van der Waals surface area contributed by atoms with E-state index >= 15 is 0 Å². The zero-order chi connectivity index (χ0) is 33.6. The third kappa shape index (κ3) is 6.65. The fourth-order valence-electron chi connectivity index (χ4n) is 6.76. The molecule has 5 rings (SSSR count). The summed E-state index contributed by atoms with van der Waals surface area (Å²) in [5.41, 5.74) is 6.39.